The number of aryl methyl sites for hydroxylation is 1. The molecule has 0 aliphatic heterocycles. The monoisotopic (exact) mass is 412 g/mol. The van der Waals surface area contributed by atoms with Crippen molar-refractivity contribution < 1.29 is 13.9 Å². The van der Waals surface area contributed by atoms with Crippen LogP contribution < -0.4 is 5.32 Å². The summed E-state index contributed by atoms with van der Waals surface area (Å²) < 4.78 is 28.6. The zero-order valence-electron chi connectivity index (χ0n) is 16.9. The summed E-state index contributed by atoms with van der Waals surface area (Å²) in [5, 5.41) is 26.3. The predicted octanol–water partition coefficient (Wildman–Crippen LogP) is 4.17. The van der Waals surface area contributed by atoms with Crippen molar-refractivity contribution in [1.29, 1.82) is 5.26 Å². The topological polar surface area (TPSA) is 99.7 Å². The lowest BCUT2D eigenvalue weighted by atomic mass is 10.0. The molecule has 1 atom stereocenters. The van der Waals surface area contributed by atoms with Crippen molar-refractivity contribution in [2.45, 2.75) is 45.3 Å². The molecule has 0 spiro atoms. The number of nitriles is 1. The third-order valence-corrected chi connectivity index (χ3v) is 4.37. The van der Waals surface area contributed by atoms with Gasteiger partial charge < -0.3 is 10.4 Å². The van der Waals surface area contributed by atoms with Gasteiger partial charge >= 0.3 is 0 Å². The van der Waals surface area contributed by atoms with E-state index in [-0.39, 0.29) is 24.6 Å². The molecular formula is C21H22F2N6O. The molecule has 0 fully saturated rings. The first kappa shape index (κ1) is 21.3. The second kappa shape index (κ2) is 8.16. The molecule has 1 aromatic carbocycles. The Kier molecular flexibility index (Phi) is 5.80. The molecular weight excluding hydrogens is 390 g/mol. The van der Waals surface area contributed by atoms with Gasteiger partial charge in [-0.05, 0) is 43.2 Å². The number of alkyl halides is 2. The van der Waals surface area contributed by atoms with Gasteiger partial charge in [-0.2, -0.15) is 19.1 Å². The molecule has 0 aliphatic carbocycles. The van der Waals surface area contributed by atoms with E-state index in [9.17, 15) is 13.9 Å². The number of halogens is 2. The normalized spacial score (nSPS) is 13.5. The van der Waals surface area contributed by atoms with Crippen LogP contribution in [0.25, 0.3) is 11.1 Å². The molecule has 0 saturated carbocycles. The van der Waals surface area contributed by atoms with Crippen LogP contribution in [0.15, 0.2) is 42.9 Å². The van der Waals surface area contributed by atoms with E-state index in [1.807, 2.05) is 31.2 Å². The summed E-state index contributed by atoms with van der Waals surface area (Å²) >= 11 is 0. The van der Waals surface area contributed by atoms with Crippen molar-refractivity contribution in [3.63, 3.8) is 0 Å². The van der Waals surface area contributed by atoms with Crippen LogP contribution >= 0.6 is 0 Å². The second-order valence-corrected chi connectivity index (χ2v) is 7.62. The summed E-state index contributed by atoms with van der Waals surface area (Å²) in [5.74, 6) is -2.98. The molecule has 0 radical (unpaired) electrons. The van der Waals surface area contributed by atoms with E-state index < -0.39 is 11.5 Å². The number of rotatable bonds is 7. The molecule has 0 amide bonds. The van der Waals surface area contributed by atoms with Crippen molar-refractivity contribution >= 4 is 11.6 Å². The van der Waals surface area contributed by atoms with Gasteiger partial charge in [0.1, 0.15) is 5.69 Å². The molecule has 3 aromatic rings. The van der Waals surface area contributed by atoms with Gasteiger partial charge in [-0.15, -0.1) is 0 Å². The number of benzene rings is 1. The van der Waals surface area contributed by atoms with E-state index >= 15 is 0 Å². The largest absolute Gasteiger partial charge is 0.387 e. The number of aromatic nitrogens is 4. The van der Waals surface area contributed by atoms with Gasteiger partial charge in [0.25, 0.3) is 5.92 Å². The van der Waals surface area contributed by atoms with Crippen molar-refractivity contribution in [3.05, 3.63) is 54.1 Å². The minimum absolute atomic E-state index is 0.00340. The lowest BCUT2D eigenvalue weighted by Gasteiger charge is -2.19. The summed E-state index contributed by atoms with van der Waals surface area (Å²) in [4.78, 5) is 7.91. The fourth-order valence-corrected chi connectivity index (χ4v) is 2.99. The smallest absolute Gasteiger partial charge is 0.287 e. The average Bonchev–Trinajstić information content (AvgIpc) is 3.08. The summed E-state index contributed by atoms with van der Waals surface area (Å²) in [6, 6.07) is 8.79. The molecule has 2 heterocycles. The van der Waals surface area contributed by atoms with Gasteiger partial charge in [0, 0.05) is 30.6 Å². The number of nitrogens with one attached hydrogen (secondary N) is 1. The Hall–Kier alpha value is -3.38. The molecule has 0 bridgehead atoms. The zero-order valence-corrected chi connectivity index (χ0v) is 16.9. The summed E-state index contributed by atoms with van der Waals surface area (Å²) in [7, 11) is 0. The van der Waals surface area contributed by atoms with Crippen LogP contribution in [0.2, 0.25) is 0 Å². The summed E-state index contributed by atoms with van der Waals surface area (Å²) in [6.45, 7) is 4.47. The maximum Gasteiger partial charge on any atom is 0.287 e. The molecule has 0 aliphatic rings. The molecule has 2 aromatic heterocycles. The maximum absolute atomic E-state index is 13.5. The third kappa shape index (κ3) is 5.36. The number of anilines is 2. The van der Waals surface area contributed by atoms with Crippen LogP contribution in [-0.2, 0) is 12.5 Å². The Morgan fingerprint density at radius 3 is 2.70 bits per heavy atom. The van der Waals surface area contributed by atoms with Crippen LogP contribution in [0.5, 0.6) is 0 Å². The van der Waals surface area contributed by atoms with Gasteiger partial charge in [0.05, 0.1) is 30.8 Å². The minimum atomic E-state index is -3.06. The quantitative estimate of drug-likeness (QED) is 0.604. The highest BCUT2D eigenvalue weighted by atomic mass is 19.3. The Labute approximate surface area is 173 Å². The zero-order chi connectivity index (χ0) is 21.9. The van der Waals surface area contributed by atoms with Gasteiger partial charge in [-0.1, -0.05) is 6.07 Å². The third-order valence-electron chi connectivity index (χ3n) is 4.37. The van der Waals surface area contributed by atoms with Crippen molar-refractivity contribution in [2.24, 2.45) is 0 Å². The summed E-state index contributed by atoms with van der Waals surface area (Å²) in [6.07, 6.45) is 4.72. The van der Waals surface area contributed by atoms with Gasteiger partial charge in [-0.3, -0.25) is 4.68 Å². The fourth-order valence-electron chi connectivity index (χ4n) is 2.99. The first-order valence-corrected chi connectivity index (χ1v) is 9.28. The predicted molar refractivity (Wildman–Crippen MR) is 108 cm³/mol. The van der Waals surface area contributed by atoms with Crippen LogP contribution in [-0.4, -0.2) is 30.5 Å². The standard InChI is InChI=1S/C21H22F2N6O/c1-14-8-15(16-11-26-29(12-16)13-20(2,30)5-6-24)10-17(9-14)27-19-25-7-4-18(28-19)21(3,22)23/h4,7-12,30H,5,13H2,1-3H3,(H,25,27,28)/t20-/m1/s1. The van der Waals surface area contributed by atoms with E-state index in [1.165, 1.54) is 12.3 Å². The van der Waals surface area contributed by atoms with E-state index in [1.54, 1.807) is 24.0 Å². The van der Waals surface area contributed by atoms with E-state index in [0.717, 1.165) is 23.6 Å². The average molecular weight is 412 g/mol. The Balaban J connectivity index is 1.84. The Morgan fingerprint density at radius 1 is 1.23 bits per heavy atom. The lowest BCUT2D eigenvalue weighted by molar-refractivity contribution is 0.0127. The highest BCUT2D eigenvalue weighted by molar-refractivity contribution is 5.70. The van der Waals surface area contributed by atoms with Crippen LogP contribution in [0.1, 0.15) is 31.5 Å². The van der Waals surface area contributed by atoms with E-state index in [0.29, 0.717) is 5.69 Å². The van der Waals surface area contributed by atoms with Crippen molar-refractivity contribution in [2.75, 3.05) is 5.32 Å². The maximum atomic E-state index is 13.5. The Bertz CT molecular complexity index is 1080. The molecule has 7 nitrogen and oxygen atoms in total. The van der Waals surface area contributed by atoms with Crippen LogP contribution in [0, 0.1) is 18.3 Å². The van der Waals surface area contributed by atoms with Crippen molar-refractivity contribution in [1.82, 2.24) is 19.7 Å². The first-order valence-electron chi connectivity index (χ1n) is 9.28. The van der Waals surface area contributed by atoms with Crippen LogP contribution in [0.4, 0.5) is 20.4 Å². The molecule has 9 heteroatoms. The highest BCUT2D eigenvalue weighted by Gasteiger charge is 2.26. The Morgan fingerprint density at radius 2 is 2.00 bits per heavy atom. The molecule has 0 saturated heterocycles. The van der Waals surface area contributed by atoms with Gasteiger partial charge in [-0.25, -0.2) is 9.97 Å². The number of hydrogen-bond donors (Lipinski definition) is 2. The molecule has 2 N–H and O–H groups in total. The number of nitrogens with zero attached hydrogens (tertiary/aromatic N) is 5. The van der Waals surface area contributed by atoms with Crippen LogP contribution in [0.3, 0.4) is 0 Å². The molecule has 30 heavy (non-hydrogen) atoms. The number of aliphatic hydroxyl groups is 1. The van der Waals surface area contributed by atoms with E-state index in [2.05, 4.69) is 20.4 Å². The summed E-state index contributed by atoms with van der Waals surface area (Å²) in [5.41, 5.74) is 1.70. The second-order valence-electron chi connectivity index (χ2n) is 7.62. The van der Waals surface area contributed by atoms with Crippen molar-refractivity contribution in [3.8, 4) is 17.2 Å². The number of hydrogen-bond acceptors (Lipinski definition) is 6. The first-order chi connectivity index (χ1) is 14.1. The molecule has 156 valence electrons. The SMILES string of the molecule is Cc1cc(Nc2nccc(C(C)(F)F)n2)cc(-c2cnn(C[C@](C)(O)CC#N)c2)c1. The van der Waals surface area contributed by atoms with Gasteiger partial charge in [0.15, 0.2) is 0 Å². The fraction of sp³-hybridized carbons (Fsp3) is 0.333. The molecule has 0 unspecified atom stereocenters. The lowest BCUT2D eigenvalue weighted by Crippen LogP contribution is -2.30. The minimum Gasteiger partial charge on any atom is -0.387 e. The molecule has 3 rings (SSSR count). The highest BCUT2D eigenvalue weighted by Crippen LogP contribution is 2.28. The van der Waals surface area contributed by atoms with Gasteiger partial charge in [0.2, 0.25) is 5.95 Å². The van der Waals surface area contributed by atoms with E-state index in [4.69, 9.17) is 5.26 Å².